The molecule has 4 unspecified atom stereocenters. The molecule has 22 heavy (non-hydrogen) atoms. The summed E-state index contributed by atoms with van der Waals surface area (Å²) < 4.78 is 23.6. The van der Waals surface area contributed by atoms with Crippen molar-refractivity contribution in [2.75, 3.05) is 13.7 Å². The van der Waals surface area contributed by atoms with Crippen LogP contribution in [-0.2, 0) is 18.9 Å². The van der Waals surface area contributed by atoms with Crippen LogP contribution in [0.4, 0.5) is 0 Å². The summed E-state index contributed by atoms with van der Waals surface area (Å²) in [6.07, 6.45) is 1.05. The highest BCUT2D eigenvalue weighted by molar-refractivity contribution is 4.83. The zero-order valence-corrected chi connectivity index (χ0v) is 15.2. The highest BCUT2D eigenvalue weighted by Gasteiger charge is 2.40. The lowest BCUT2D eigenvalue weighted by atomic mass is 9.79. The van der Waals surface area contributed by atoms with E-state index >= 15 is 0 Å². The van der Waals surface area contributed by atoms with Crippen molar-refractivity contribution < 1.29 is 18.9 Å². The summed E-state index contributed by atoms with van der Waals surface area (Å²) in [5, 5.41) is 0. The van der Waals surface area contributed by atoms with Gasteiger partial charge in [-0.15, -0.1) is 0 Å². The Morgan fingerprint density at radius 1 is 0.864 bits per heavy atom. The molecule has 2 rings (SSSR count). The molecule has 2 saturated heterocycles. The number of methoxy groups -OCH3 is 1. The molecule has 0 aromatic heterocycles. The minimum atomic E-state index is -0.134. The summed E-state index contributed by atoms with van der Waals surface area (Å²) in [4.78, 5) is 0. The lowest BCUT2D eigenvalue weighted by molar-refractivity contribution is -0.272. The maximum Gasteiger partial charge on any atom is 0.160 e. The van der Waals surface area contributed by atoms with Crippen molar-refractivity contribution >= 4 is 0 Å². The molecule has 2 fully saturated rings. The third kappa shape index (κ3) is 3.84. The van der Waals surface area contributed by atoms with Gasteiger partial charge in [0.1, 0.15) is 0 Å². The van der Waals surface area contributed by atoms with Crippen molar-refractivity contribution in [3.05, 3.63) is 0 Å². The monoisotopic (exact) mass is 314 g/mol. The predicted octanol–water partition coefficient (Wildman–Crippen LogP) is 3.69. The van der Waals surface area contributed by atoms with E-state index in [0.717, 1.165) is 6.42 Å². The Labute approximate surface area is 135 Å². The van der Waals surface area contributed by atoms with Crippen LogP contribution in [0.5, 0.6) is 0 Å². The van der Waals surface area contributed by atoms with Crippen molar-refractivity contribution in [3.8, 4) is 0 Å². The molecular formula is C18H34O4. The summed E-state index contributed by atoms with van der Waals surface area (Å²) >= 11 is 0. The molecule has 0 radical (unpaired) electrons. The van der Waals surface area contributed by atoms with E-state index < -0.39 is 0 Å². The van der Waals surface area contributed by atoms with Crippen LogP contribution >= 0.6 is 0 Å². The van der Waals surface area contributed by atoms with E-state index in [1.54, 1.807) is 7.11 Å². The normalized spacial score (nSPS) is 50.0. The van der Waals surface area contributed by atoms with E-state index in [-0.39, 0.29) is 24.8 Å². The van der Waals surface area contributed by atoms with Gasteiger partial charge in [0.25, 0.3) is 0 Å². The SMILES string of the molecule is CO[C@H]1OC(CO[C@@H]2CC(C)[C@@H](C)C(C)O2)[C@@H](C)[C@H](C)C1C. The fourth-order valence-corrected chi connectivity index (χ4v) is 3.66. The molecule has 0 saturated carbocycles. The van der Waals surface area contributed by atoms with Gasteiger partial charge in [0.2, 0.25) is 0 Å². The second kappa shape index (κ2) is 7.61. The molecule has 2 aliphatic rings. The van der Waals surface area contributed by atoms with Crippen molar-refractivity contribution in [3.63, 3.8) is 0 Å². The zero-order valence-electron chi connectivity index (χ0n) is 15.2. The van der Waals surface area contributed by atoms with Gasteiger partial charge in [-0.1, -0.05) is 34.6 Å². The lowest BCUT2D eigenvalue weighted by Gasteiger charge is -2.44. The first-order valence-corrected chi connectivity index (χ1v) is 8.80. The van der Waals surface area contributed by atoms with Crippen LogP contribution in [-0.4, -0.2) is 38.5 Å². The van der Waals surface area contributed by atoms with Gasteiger partial charge in [-0.05, 0) is 30.6 Å². The number of hydrogen-bond acceptors (Lipinski definition) is 4. The highest BCUT2D eigenvalue weighted by atomic mass is 16.7. The third-order valence-corrected chi connectivity index (χ3v) is 6.23. The minimum absolute atomic E-state index is 0.0738. The van der Waals surface area contributed by atoms with Crippen LogP contribution in [0.15, 0.2) is 0 Å². The average Bonchev–Trinajstić information content (AvgIpc) is 2.49. The molecular weight excluding hydrogens is 280 g/mol. The van der Waals surface area contributed by atoms with Crippen LogP contribution in [0.25, 0.3) is 0 Å². The van der Waals surface area contributed by atoms with Crippen LogP contribution in [0.1, 0.15) is 48.0 Å². The molecule has 0 amide bonds. The first-order chi connectivity index (χ1) is 10.3. The number of rotatable bonds is 4. The molecule has 4 heteroatoms. The second-order valence-electron chi connectivity index (χ2n) is 7.53. The predicted molar refractivity (Wildman–Crippen MR) is 86.4 cm³/mol. The van der Waals surface area contributed by atoms with E-state index in [0.29, 0.717) is 36.2 Å². The Morgan fingerprint density at radius 3 is 2.14 bits per heavy atom. The summed E-state index contributed by atoms with van der Waals surface area (Å²) in [7, 11) is 1.72. The smallest absolute Gasteiger partial charge is 0.160 e. The molecule has 0 spiro atoms. The van der Waals surface area contributed by atoms with Crippen molar-refractivity contribution in [1.82, 2.24) is 0 Å². The summed E-state index contributed by atoms with van der Waals surface area (Å²) in [5.41, 5.74) is 0. The Morgan fingerprint density at radius 2 is 1.55 bits per heavy atom. The molecule has 0 aromatic carbocycles. The molecule has 0 N–H and O–H groups in total. The van der Waals surface area contributed by atoms with Crippen LogP contribution < -0.4 is 0 Å². The van der Waals surface area contributed by atoms with E-state index in [2.05, 4.69) is 41.5 Å². The van der Waals surface area contributed by atoms with Gasteiger partial charge in [0, 0.05) is 19.4 Å². The van der Waals surface area contributed by atoms with Crippen LogP contribution in [0.3, 0.4) is 0 Å². The van der Waals surface area contributed by atoms with Gasteiger partial charge in [0.15, 0.2) is 12.6 Å². The Hall–Kier alpha value is -0.160. The third-order valence-electron chi connectivity index (χ3n) is 6.23. The van der Waals surface area contributed by atoms with Gasteiger partial charge in [-0.25, -0.2) is 0 Å². The summed E-state index contributed by atoms with van der Waals surface area (Å²) in [5.74, 6) is 2.63. The molecule has 0 bridgehead atoms. The van der Waals surface area contributed by atoms with Crippen molar-refractivity contribution in [2.45, 2.75) is 72.8 Å². The largest absolute Gasteiger partial charge is 0.356 e. The van der Waals surface area contributed by atoms with Gasteiger partial charge < -0.3 is 18.9 Å². The summed E-state index contributed by atoms with van der Waals surface area (Å²) in [6, 6.07) is 0. The molecule has 2 heterocycles. The zero-order chi connectivity index (χ0) is 16.4. The lowest BCUT2D eigenvalue weighted by Crippen LogP contribution is -2.48. The molecule has 0 aromatic rings. The van der Waals surface area contributed by atoms with Crippen LogP contribution in [0.2, 0.25) is 0 Å². The van der Waals surface area contributed by atoms with E-state index in [1.807, 2.05) is 0 Å². The first kappa shape index (κ1) is 18.2. The minimum Gasteiger partial charge on any atom is -0.356 e. The molecule has 9 atom stereocenters. The molecule has 0 aliphatic carbocycles. The van der Waals surface area contributed by atoms with Gasteiger partial charge in [-0.2, -0.15) is 0 Å². The van der Waals surface area contributed by atoms with E-state index in [9.17, 15) is 0 Å². The van der Waals surface area contributed by atoms with E-state index in [1.165, 1.54) is 0 Å². The Bertz CT molecular complexity index is 334. The van der Waals surface area contributed by atoms with Crippen molar-refractivity contribution in [2.24, 2.45) is 29.6 Å². The summed E-state index contributed by atoms with van der Waals surface area (Å²) in [6.45, 7) is 14.0. The fourth-order valence-electron chi connectivity index (χ4n) is 3.66. The molecule has 2 aliphatic heterocycles. The standard InChI is InChI=1S/C18H34O4/c1-10-8-17(21-15(6)11(10)2)20-9-16-13(4)12(3)14(5)18(19-7)22-16/h10-18H,8-9H2,1-7H3/t10?,11-,12+,13+,14?,15?,16?,17+,18+/m1/s1. The maximum atomic E-state index is 6.09. The Balaban J connectivity index is 1.88. The molecule has 4 nitrogen and oxygen atoms in total. The van der Waals surface area contributed by atoms with Crippen LogP contribution in [0, 0.1) is 29.6 Å². The average molecular weight is 314 g/mol. The van der Waals surface area contributed by atoms with Gasteiger partial charge >= 0.3 is 0 Å². The topological polar surface area (TPSA) is 36.9 Å². The van der Waals surface area contributed by atoms with Crippen molar-refractivity contribution in [1.29, 1.82) is 0 Å². The highest BCUT2D eigenvalue weighted by Crippen LogP contribution is 2.36. The quantitative estimate of drug-likeness (QED) is 0.793. The Kier molecular flexibility index (Phi) is 6.29. The van der Waals surface area contributed by atoms with Gasteiger partial charge in [-0.3, -0.25) is 0 Å². The van der Waals surface area contributed by atoms with Gasteiger partial charge in [0.05, 0.1) is 18.8 Å². The van der Waals surface area contributed by atoms with E-state index in [4.69, 9.17) is 18.9 Å². The number of ether oxygens (including phenoxy) is 4. The number of hydrogen-bond donors (Lipinski definition) is 0. The second-order valence-corrected chi connectivity index (χ2v) is 7.53. The molecule has 130 valence electrons. The first-order valence-electron chi connectivity index (χ1n) is 8.80. The fraction of sp³-hybridized carbons (Fsp3) is 1.00. The maximum absolute atomic E-state index is 6.09.